The molecule has 6 nitrogen and oxygen atoms in total. The Morgan fingerprint density at radius 3 is 2.81 bits per heavy atom. The molecule has 0 bridgehead atoms. The van der Waals surface area contributed by atoms with E-state index in [0.29, 0.717) is 30.0 Å². The maximum absolute atomic E-state index is 10.5. The van der Waals surface area contributed by atoms with E-state index in [1.807, 2.05) is 24.4 Å². The quantitative estimate of drug-likeness (QED) is 0.220. The number of rotatable bonds is 8. The van der Waals surface area contributed by atoms with Crippen LogP contribution in [0.15, 0.2) is 40.8 Å². The first-order valence-electron chi connectivity index (χ1n) is 8.04. The summed E-state index contributed by atoms with van der Waals surface area (Å²) < 4.78 is 5.53. The third kappa shape index (κ3) is 7.65. The largest absolute Gasteiger partial charge is 0.476 e. The van der Waals surface area contributed by atoms with Crippen LogP contribution in [0.25, 0.3) is 0 Å². The Hall–Kier alpha value is -1.10. The third-order valence-electron chi connectivity index (χ3n) is 3.29. The zero-order valence-corrected chi connectivity index (χ0v) is 18.6. The molecule has 2 aromatic heterocycles. The topological polar surface area (TPSA) is 78.8 Å². The van der Waals surface area contributed by atoms with Crippen molar-refractivity contribution in [2.75, 3.05) is 26.2 Å². The standard InChI is InChI=1S/C17H23ClN4O2S.HI/c1-3-19-16(22-12-17(2,23)14-5-4-10-25-14)20-8-9-24-15-7-6-13(18)11-21-15;/h4-7,10-11,23H,3,8-9,12H2,1-2H3,(H2,19,20,22);1H. The van der Waals surface area contributed by atoms with Gasteiger partial charge in [0.1, 0.15) is 12.2 Å². The molecule has 0 aliphatic carbocycles. The number of halogens is 2. The molecule has 0 aromatic carbocycles. The van der Waals surface area contributed by atoms with Crippen molar-refractivity contribution in [3.8, 4) is 5.88 Å². The Kier molecular flexibility index (Phi) is 10.2. The van der Waals surface area contributed by atoms with E-state index in [9.17, 15) is 5.11 Å². The maximum atomic E-state index is 10.5. The molecule has 0 radical (unpaired) electrons. The summed E-state index contributed by atoms with van der Waals surface area (Å²) >= 11 is 7.30. The molecular formula is C17H24ClIN4O2S. The van der Waals surface area contributed by atoms with Gasteiger partial charge in [-0.1, -0.05) is 17.7 Å². The Morgan fingerprint density at radius 1 is 1.38 bits per heavy atom. The Morgan fingerprint density at radius 2 is 2.19 bits per heavy atom. The first-order chi connectivity index (χ1) is 12.0. The number of pyridine rings is 1. The summed E-state index contributed by atoms with van der Waals surface area (Å²) in [6.45, 7) is 5.73. The highest BCUT2D eigenvalue weighted by Crippen LogP contribution is 2.25. The minimum atomic E-state index is -0.986. The fourth-order valence-electron chi connectivity index (χ4n) is 2.01. The molecule has 2 heterocycles. The number of nitrogens with one attached hydrogen (secondary N) is 2. The van der Waals surface area contributed by atoms with Crippen LogP contribution in [0.4, 0.5) is 0 Å². The van der Waals surface area contributed by atoms with Crippen molar-refractivity contribution in [2.45, 2.75) is 19.4 Å². The molecule has 0 saturated carbocycles. The number of aromatic nitrogens is 1. The average Bonchev–Trinajstić information content (AvgIpc) is 3.13. The van der Waals surface area contributed by atoms with Crippen molar-refractivity contribution in [1.82, 2.24) is 15.6 Å². The molecular weight excluding hydrogens is 487 g/mol. The molecule has 144 valence electrons. The van der Waals surface area contributed by atoms with Crippen LogP contribution >= 0.6 is 46.9 Å². The van der Waals surface area contributed by atoms with Crippen LogP contribution in [0, 0.1) is 0 Å². The van der Waals surface area contributed by atoms with E-state index in [1.54, 1.807) is 25.3 Å². The van der Waals surface area contributed by atoms with Gasteiger partial charge in [-0.2, -0.15) is 0 Å². The van der Waals surface area contributed by atoms with Gasteiger partial charge in [0.25, 0.3) is 0 Å². The van der Waals surface area contributed by atoms with E-state index < -0.39 is 5.60 Å². The zero-order chi connectivity index (χ0) is 18.1. The highest BCUT2D eigenvalue weighted by atomic mass is 127. The summed E-state index contributed by atoms with van der Waals surface area (Å²) in [5, 5.41) is 19.4. The van der Waals surface area contributed by atoms with E-state index in [1.165, 1.54) is 11.3 Å². The number of thiophene rings is 1. The van der Waals surface area contributed by atoms with Gasteiger partial charge in [-0.3, -0.25) is 0 Å². The van der Waals surface area contributed by atoms with Crippen LogP contribution in [0.1, 0.15) is 18.7 Å². The van der Waals surface area contributed by atoms with E-state index in [0.717, 1.165) is 11.4 Å². The number of aliphatic hydroxyl groups is 1. The number of nitrogens with zero attached hydrogens (tertiary/aromatic N) is 2. The molecule has 3 N–H and O–H groups in total. The number of ether oxygens (including phenoxy) is 1. The summed E-state index contributed by atoms with van der Waals surface area (Å²) in [5.41, 5.74) is -0.986. The summed E-state index contributed by atoms with van der Waals surface area (Å²) in [4.78, 5) is 9.42. The first kappa shape index (κ1) is 22.9. The van der Waals surface area contributed by atoms with Crippen LogP contribution < -0.4 is 15.4 Å². The van der Waals surface area contributed by atoms with Crippen molar-refractivity contribution in [3.63, 3.8) is 0 Å². The summed E-state index contributed by atoms with van der Waals surface area (Å²) in [7, 11) is 0. The lowest BCUT2D eigenvalue weighted by molar-refractivity contribution is 0.0711. The van der Waals surface area contributed by atoms with Crippen molar-refractivity contribution in [3.05, 3.63) is 45.7 Å². The second-order valence-corrected chi connectivity index (χ2v) is 6.92. The molecule has 0 spiro atoms. The average molecular weight is 511 g/mol. The highest BCUT2D eigenvalue weighted by Gasteiger charge is 2.23. The first-order valence-corrected chi connectivity index (χ1v) is 9.30. The molecule has 9 heteroatoms. The minimum absolute atomic E-state index is 0. The number of hydrogen-bond donors (Lipinski definition) is 3. The van der Waals surface area contributed by atoms with Crippen LogP contribution in [0.2, 0.25) is 5.02 Å². The summed E-state index contributed by atoms with van der Waals surface area (Å²) in [6, 6.07) is 7.28. The fraction of sp³-hybridized carbons (Fsp3) is 0.412. The van der Waals surface area contributed by atoms with Crippen LogP contribution in [0.5, 0.6) is 5.88 Å². The molecule has 0 amide bonds. The molecule has 26 heavy (non-hydrogen) atoms. The molecule has 0 fully saturated rings. The van der Waals surface area contributed by atoms with Gasteiger partial charge in [-0.15, -0.1) is 35.3 Å². The number of aliphatic imine (C=N–C) groups is 1. The molecule has 0 aliphatic rings. The predicted octanol–water partition coefficient (Wildman–Crippen LogP) is 3.26. The Labute approximate surface area is 180 Å². The van der Waals surface area contributed by atoms with Gasteiger partial charge in [-0.25, -0.2) is 9.98 Å². The normalized spacial score (nSPS) is 13.5. The molecule has 0 saturated heterocycles. The van der Waals surface area contributed by atoms with E-state index >= 15 is 0 Å². The third-order valence-corrected chi connectivity index (χ3v) is 4.63. The molecule has 2 rings (SSSR count). The van der Waals surface area contributed by atoms with Crippen LogP contribution in [-0.4, -0.2) is 42.3 Å². The van der Waals surface area contributed by atoms with E-state index in [-0.39, 0.29) is 30.5 Å². The minimum Gasteiger partial charge on any atom is -0.476 e. The number of guanidine groups is 1. The van der Waals surface area contributed by atoms with Gasteiger partial charge in [0.15, 0.2) is 5.96 Å². The smallest absolute Gasteiger partial charge is 0.213 e. The Bertz CT molecular complexity index is 666. The van der Waals surface area contributed by atoms with Crippen LogP contribution in [-0.2, 0) is 5.60 Å². The van der Waals surface area contributed by atoms with Crippen molar-refractivity contribution in [2.24, 2.45) is 4.99 Å². The fourth-order valence-corrected chi connectivity index (χ4v) is 2.90. The second kappa shape index (κ2) is 11.6. The number of hydrogen-bond acceptors (Lipinski definition) is 5. The van der Waals surface area contributed by atoms with Crippen molar-refractivity contribution < 1.29 is 9.84 Å². The lowest BCUT2D eigenvalue weighted by Crippen LogP contribution is -2.40. The van der Waals surface area contributed by atoms with Gasteiger partial charge in [-0.05, 0) is 31.4 Å². The lowest BCUT2D eigenvalue weighted by Gasteiger charge is -2.20. The van der Waals surface area contributed by atoms with Crippen molar-refractivity contribution >= 4 is 52.9 Å². The maximum Gasteiger partial charge on any atom is 0.213 e. The van der Waals surface area contributed by atoms with Crippen molar-refractivity contribution in [1.29, 1.82) is 0 Å². The monoisotopic (exact) mass is 510 g/mol. The zero-order valence-electron chi connectivity index (χ0n) is 14.7. The van der Waals surface area contributed by atoms with Gasteiger partial charge in [0.05, 0.1) is 18.1 Å². The molecule has 2 aromatic rings. The molecule has 0 aliphatic heterocycles. The molecule has 1 unspecified atom stereocenters. The van der Waals surface area contributed by atoms with Gasteiger partial charge in [0.2, 0.25) is 5.88 Å². The highest BCUT2D eigenvalue weighted by molar-refractivity contribution is 14.0. The molecule has 1 atom stereocenters. The summed E-state index contributed by atoms with van der Waals surface area (Å²) in [6.07, 6.45) is 1.54. The van der Waals surface area contributed by atoms with Gasteiger partial charge in [0, 0.05) is 23.7 Å². The van der Waals surface area contributed by atoms with E-state index in [2.05, 4.69) is 20.6 Å². The van der Waals surface area contributed by atoms with E-state index in [4.69, 9.17) is 16.3 Å². The van der Waals surface area contributed by atoms with Crippen LogP contribution in [0.3, 0.4) is 0 Å². The lowest BCUT2D eigenvalue weighted by atomic mass is 10.1. The predicted molar refractivity (Wildman–Crippen MR) is 118 cm³/mol. The summed E-state index contributed by atoms with van der Waals surface area (Å²) in [5.74, 6) is 1.15. The second-order valence-electron chi connectivity index (χ2n) is 5.54. The SMILES string of the molecule is CCNC(=NCC(C)(O)c1cccs1)NCCOc1ccc(Cl)cn1.I. The Balaban J connectivity index is 0.00000338. The van der Waals surface area contributed by atoms with Gasteiger partial charge < -0.3 is 20.5 Å². The van der Waals surface area contributed by atoms with Gasteiger partial charge >= 0.3 is 0 Å².